The van der Waals surface area contributed by atoms with Gasteiger partial charge in [0.2, 0.25) is 0 Å². The van der Waals surface area contributed by atoms with Gasteiger partial charge in [-0.25, -0.2) is 0 Å². The summed E-state index contributed by atoms with van der Waals surface area (Å²) >= 11 is 11.0. The van der Waals surface area contributed by atoms with Crippen LogP contribution in [0.4, 0.5) is 0 Å². The van der Waals surface area contributed by atoms with Crippen molar-refractivity contribution in [1.29, 1.82) is 0 Å². The zero-order valence-electron chi connectivity index (χ0n) is 26.6. The second kappa shape index (κ2) is 27.2. The molecule has 0 radical (unpaired) electrons. The second-order valence-corrected chi connectivity index (χ2v) is 13.0. The predicted octanol–water partition coefficient (Wildman–Crippen LogP) is 9.57. The molecule has 0 bridgehead atoms. The molecule has 0 aliphatic carbocycles. The molecule has 1 rings (SSSR count). The number of unbranched alkanes of at least 4 members (excludes halogenated alkanes) is 20. The lowest BCUT2D eigenvalue weighted by Crippen LogP contribution is -2.45. The molecule has 0 aromatic carbocycles. The predicted molar refractivity (Wildman–Crippen MR) is 180 cm³/mol. The molecule has 0 aromatic heterocycles. The lowest BCUT2D eigenvalue weighted by Gasteiger charge is -2.28. The summed E-state index contributed by atoms with van der Waals surface area (Å²) in [5.41, 5.74) is 0. The van der Waals surface area contributed by atoms with E-state index < -0.39 is 24.4 Å². The molecule has 1 aliphatic rings. The van der Waals surface area contributed by atoms with E-state index in [-0.39, 0.29) is 13.2 Å². The molecule has 4 atom stereocenters. The third-order valence-corrected chi connectivity index (χ3v) is 8.83. The lowest BCUT2D eigenvalue weighted by atomic mass is 10.0. The van der Waals surface area contributed by atoms with Crippen molar-refractivity contribution in [3.8, 4) is 0 Å². The fourth-order valence-corrected chi connectivity index (χ4v) is 6.12. The van der Waals surface area contributed by atoms with Crippen molar-refractivity contribution < 1.29 is 24.4 Å². The number of aliphatic hydroxyl groups excluding tert-OH is 2. The molecule has 7 heteroatoms. The smallest absolute Gasteiger partial charge is 0.160 e. The fourth-order valence-electron chi connectivity index (χ4n) is 5.60. The minimum absolute atomic E-state index is 0.140. The summed E-state index contributed by atoms with van der Waals surface area (Å²) in [6.07, 6.45) is 26.9. The molecule has 1 fully saturated rings. The Morgan fingerprint density at radius 2 is 1.05 bits per heavy atom. The SMILES string of the molecule is CCCCCCCCCCCCCC(=S)O[C@@H]1[C@H]([C@@H](CO)OC(=S)CCCCCCCCCCCCC)OC[C@@H]1O. The van der Waals surface area contributed by atoms with E-state index in [0.717, 1.165) is 25.7 Å². The zero-order chi connectivity index (χ0) is 30.0. The van der Waals surface area contributed by atoms with Gasteiger partial charge in [0.1, 0.15) is 12.2 Å². The summed E-state index contributed by atoms with van der Waals surface area (Å²) in [4.78, 5) is 0. The lowest BCUT2D eigenvalue weighted by molar-refractivity contribution is -0.0577. The summed E-state index contributed by atoms with van der Waals surface area (Å²) in [6, 6.07) is 0. The van der Waals surface area contributed by atoms with Crippen molar-refractivity contribution in [2.24, 2.45) is 0 Å². The van der Waals surface area contributed by atoms with Gasteiger partial charge in [-0.05, 0) is 37.3 Å². The highest BCUT2D eigenvalue weighted by Gasteiger charge is 2.44. The summed E-state index contributed by atoms with van der Waals surface area (Å²) in [5.74, 6) is 0. The van der Waals surface area contributed by atoms with E-state index in [9.17, 15) is 10.2 Å². The maximum atomic E-state index is 10.5. The molecular formula is C34H64O5S2. The minimum Gasteiger partial charge on any atom is -0.479 e. The number of thiocarbonyl (C=S) groups is 2. The van der Waals surface area contributed by atoms with E-state index in [1.54, 1.807) is 0 Å². The van der Waals surface area contributed by atoms with E-state index in [0.29, 0.717) is 22.9 Å². The van der Waals surface area contributed by atoms with E-state index in [1.807, 2.05) is 0 Å². The highest BCUT2D eigenvalue weighted by molar-refractivity contribution is 7.80. The fraction of sp³-hybridized carbons (Fsp3) is 0.941. The van der Waals surface area contributed by atoms with Gasteiger partial charge < -0.3 is 24.4 Å². The van der Waals surface area contributed by atoms with Gasteiger partial charge in [-0.3, -0.25) is 0 Å². The first-order chi connectivity index (χ1) is 20.0. The zero-order valence-corrected chi connectivity index (χ0v) is 28.3. The van der Waals surface area contributed by atoms with Crippen LogP contribution in [-0.4, -0.2) is 57.9 Å². The Hall–Kier alpha value is -0.340. The Morgan fingerprint density at radius 3 is 1.46 bits per heavy atom. The van der Waals surface area contributed by atoms with E-state index in [2.05, 4.69) is 13.8 Å². The van der Waals surface area contributed by atoms with Crippen LogP contribution in [0.25, 0.3) is 0 Å². The summed E-state index contributed by atoms with van der Waals surface area (Å²) < 4.78 is 17.7. The highest BCUT2D eigenvalue weighted by Crippen LogP contribution is 2.25. The Balaban J connectivity index is 2.18. The molecule has 1 heterocycles. The quantitative estimate of drug-likeness (QED) is 0.0670. The highest BCUT2D eigenvalue weighted by atomic mass is 32.1. The maximum absolute atomic E-state index is 10.5. The Kier molecular flexibility index (Phi) is 25.7. The van der Waals surface area contributed by atoms with Crippen molar-refractivity contribution in [2.45, 2.75) is 192 Å². The van der Waals surface area contributed by atoms with Gasteiger partial charge in [0, 0.05) is 12.8 Å². The first-order valence-corrected chi connectivity index (χ1v) is 18.1. The van der Waals surface area contributed by atoms with Crippen molar-refractivity contribution in [1.82, 2.24) is 0 Å². The summed E-state index contributed by atoms with van der Waals surface area (Å²) in [5, 5.41) is 21.5. The summed E-state index contributed by atoms with van der Waals surface area (Å²) in [6.45, 7) is 4.41. The van der Waals surface area contributed by atoms with Gasteiger partial charge in [-0.1, -0.05) is 142 Å². The van der Waals surface area contributed by atoms with Crippen LogP contribution in [0.3, 0.4) is 0 Å². The molecule has 242 valence electrons. The maximum Gasteiger partial charge on any atom is 0.160 e. The average Bonchev–Trinajstić information content (AvgIpc) is 3.32. The monoisotopic (exact) mass is 616 g/mol. The number of ether oxygens (including phenoxy) is 3. The van der Waals surface area contributed by atoms with Gasteiger partial charge in [-0.15, -0.1) is 0 Å². The third kappa shape index (κ3) is 20.3. The number of hydrogen-bond acceptors (Lipinski definition) is 7. The first-order valence-electron chi connectivity index (χ1n) is 17.3. The second-order valence-electron chi connectivity index (χ2n) is 12.1. The molecule has 0 unspecified atom stereocenters. The van der Waals surface area contributed by atoms with E-state index in [4.69, 9.17) is 38.6 Å². The largest absolute Gasteiger partial charge is 0.479 e. The van der Waals surface area contributed by atoms with Gasteiger partial charge in [-0.2, -0.15) is 0 Å². The van der Waals surface area contributed by atoms with Crippen LogP contribution >= 0.6 is 24.4 Å². The van der Waals surface area contributed by atoms with Crippen molar-refractivity contribution in [3.63, 3.8) is 0 Å². The van der Waals surface area contributed by atoms with Gasteiger partial charge >= 0.3 is 0 Å². The molecule has 0 aromatic rings. The topological polar surface area (TPSA) is 68.2 Å². The number of aliphatic hydroxyl groups is 2. The van der Waals surface area contributed by atoms with Gasteiger partial charge in [0.05, 0.1) is 13.2 Å². The van der Waals surface area contributed by atoms with E-state index >= 15 is 0 Å². The summed E-state index contributed by atoms with van der Waals surface area (Å²) in [7, 11) is 0. The van der Waals surface area contributed by atoms with Gasteiger partial charge in [0.25, 0.3) is 0 Å². The van der Waals surface area contributed by atoms with Crippen LogP contribution < -0.4 is 0 Å². The normalized spacial score (nSPS) is 19.4. The number of hydrogen-bond donors (Lipinski definition) is 2. The average molecular weight is 617 g/mol. The Labute approximate surface area is 263 Å². The molecule has 1 aliphatic heterocycles. The molecule has 0 saturated carbocycles. The van der Waals surface area contributed by atoms with E-state index in [1.165, 1.54) is 116 Å². The van der Waals surface area contributed by atoms with Crippen LogP contribution in [0.5, 0.6) is 0 Å². The number of rotatable bonds is 28. The van der Waals surface area contributed by atoms with Gasteiger partial charge in [0.15, 0.2) is 22.3 Å². The van der Waals surface area contributed by atoms with Crippen LogP contribution in [0.15, 0.2) is 0 Å². The minimum atomic E-state index is -0.798. The van der Waals surface area contributed by atoms with Crippen LogP contribution in [-0.2, 0) is 14.2 Å². The molecule has 0 spiro atoms. The molecule has 0 amide bonds. The molecule has 2 N–H and O–H groups in total. The van der Waals surface area contributed by atoms with Crippen LogP contribution in [0.1, 0.15) is 168 Å². The molecule has 1 saturated heterocycles. The molecule has 5 nitrogen and oxygen atoms in total. The van der Waals surface area contributed by atoms with Crippen LogP contribution in [0, 0.1) is 0 Å². The first kappa shape index (κ1) is 38.7. The molecule has 41 heavy (non-hydrogen) atoms. The Morgan fingerprint density at radius 1 is 0.659 bits per heavy atom. The standard InChI is InChI=1S/C34H64O5S2/c1-3-5-7-9-11-13-15-17-19-21-23-25-31(40)38-30(27-35)34-33(29(36)28-37-34)39-32(41)26-24-22-20-18-16-14-12-10-8-6-4-2/h29-30,33-36H,3-28H2,1-2H3/t29-,30+,33-,34-/m0/s1. The Bertz CT molecular complexity index is 632. The molecular weight excluding hydrogens is 553 g/mol. The van der Waals surface area contributed by atoms with Crippen molar-refractivity contribution >= 4 is 34.5 Å². The van der Waals surface area contributed by atoms with Crippen molar-refractivity contribution in [3.05, 3.63) is 0 Å². The van der Waals surface area contributed by atoms with Crippen LogP contribution in [0.2, 0.25) is 0 Å². The third-order valence-electron chi connectivity index (χ3n) is 8.23. The van der Waals surface area contributed by atoms with Crippen molar-refractivity contribution in [2.75, 3.05) is 13.2 Å².